The van der Waals surface area contributed by atoms with Gasteiger partial charge >= 0.3 is 0 Å². The number of fused-ring (bicyclic) bond motifs is 7. The second-order valence-electron chi connectivity index (χ2n) is 13.6. The van der Waals surface area contributed by atoms with E-state index in [-0.39, 0.29) is 0 Å². The molecule has 0 saturated heterocycles. The van der Waals surface area contributed by atoms with Crippen LogP contribution in [0.3, 0.4) is 0 Å². The highest BCUT2D eigenvalue weighted by molar-refractivity contribution is 6.13. The third-order valence-corrected chi connectivity index (χ3v) is 10.6. The van der Waals surface area contributed by atoms with Crippen LogP contribution in [-0.4, -0.2) is 14.1 Å². The SMILES string of the molecule is c1ccc(-c2cccc3c2nc(-c2ccc(-n4c5ccccc5c5cc(-c6cccc7c6oc6ccccc67)ccc54)cc2)n3-c2ccccc2)cc1. The van der Waals surface area contributed by atoms with Crippen molar-refractivity contribution in [2.24, 2.45) is 0 Å². The van der Waals surface area contributed by atoms with Crippen molar-refractivity contribution in [2.45, 2.75) is 0 Å². The quantitative estimate of drug-likeness (QED) is 0.182. The van der Waals surface area contributed by atoms with Crippen molar-refractivity contribution in [1.29, 1.82) is 0 Å². The summed E-state index contributed by atoms with van der Waals surface area (Å²) in [5, 5.41) is 4.69. The molecule has 8 aromatic carbocycles. The lowest BCUT2D eigenvalue weighted by molar-refractivity contribution is 0.670. The van der Waals surface area contributed by atoms with Crippen molar-refractivity contribution in [1.82, 2.24) is 14.1 Å². The first kappa shape index (κ1) is 29.5. The molecule has 3 aromatic heterocycles. The molecule has 0 amide bonds. The lowest BCUT2D eigenvalue weighted by Gasteiger charge is -2.12. The van der Waals surface area contributed by atoms with E-state index in [0.29, 0.717) is 0 Å². The Hall–Kier alpha value is -7.17. The molecule has 4 nitrogen and oxygen atoms in total. The first-order chi connectivity index (χ1) is 26.3. The van der Waals surface area contributed by atoms with Gasteiger partial charge in [0, 0.05) is 49.6 Å². The maximum atomic E-state index is 6.43. The van der Waals surface area contributed by atoms with Gasteiger partial charge in [-0.25, -0.2) is 4.98 Å². The van der Waals surface area contributed by atoms with Crippen LogP contribution in [0, 0.1) is 0 Å². The van der Waals surface area contributed by atoms with Gasteiger partial charge in [-0.15, -0.1) is 0 Å². The Labute approximate surface area is 305 Å². The fraction of sp³-hybridized carbons (Fsp3) is 0. The van der Waals surface area contributed by atoms with E-state index in [2.05, 4.69) is 185 Å². The first-order valence-electron chi connectivity index (χ1n) is 18.0. The van der Waals surface area contributed by atoms with Gasteiger partial charge < -0.3 is 8.98 Å². The summed E-state index contributed by atoms with van der Waals surface area (Å²) in [4.78, 5) is 5.35. The van der Waals surface area contributed by atoms with E-state index in [1.807, 2.05) is 12.1 Å². The molecule has 0 N–H and O–H groups in total. The van der Waals surface area contributed by atoms with Crippen molar-refractivity contribution in [3.63, 3.8) is 0 Å². The number of hydrogen-bond acceptors (Lipinski definition) is 2. The Balaban J connectivity index is 1.06. The van der Waals surface area contributed by atoms with Crippen LogP contribution in [-0.2, 0) is 0 Å². The summed E-state index contributed by atoms with van der Waals surface area (Å²) in [6, 6.07) is 66.5. The summed E-state index contributed by atoms with van der Waals surface area (Å²) in [6.07, 6.45) is 0. The summed E-state index contributed by atoms with van der Waals surface area (Å²) in [7, 11) is 0. The minimum absolute atomic E-state index is 0.909. The molecule has 0 bridgehead atoms. The number of para-hydroxylation sites is 5. The van der Waals surface area contributed by atoms with Crippen LogP contribution in [0.25, 0.3) is 99.8 Å². The van der Waals surface area contributed by atoms with Gasteiger partial charge in [-0.2, -0.15) is 0 Å². The number of imidazole rings is 1. The zero-order valence-electron chi connectivity index (χ0n) is 28.6. The van der Waals surface area contributed by atoms with Crippen molar-refractivity contribution in [2.75, 3.05) is 0 Å². The number of nitrogens with zero attached hydrogens (tertiary/aromatic N) is 3. The van der Waals surface area contributed by atoms with E-state index < -0.39 is 0 Å². The van der Waals surface area contributed by atoms with Gasteiger partial charge in [0.1, 0.15) is 17.0 Å². The van der Waals surface area contributed by atoms with E-state index in [4.69, 9.17) is 9.40 Å². The molecule has 0 radical (unpaired) electrons. The van der Waals surface area contributed by atoms with Crippen LogP contribution in [0.1, 0.15) is 0 Å². The predicted molar refractivity (Wildman–Crippen MR) is 219 cm³/mol. The zero-order valence-corrected chi connectivity index (χ0v) is 28.6. The molecule has 0 aliphatic rings. The smallest absolute Gasteiger partial charge is 0.145 e. The summed E-state index contributed by atoms with van der Waals surface area (Å²) in [5.74, 6) is 0.910. The second kappa shape index (κ2) is 11.7. The summed E-state index contributed by atoms with van der Waals surface area (Å²) < 4.78 is 11.1. The Kier molecular flexibility index (Phi) is 6.52. The summed E-state index contributed by atoms with van der Waals surface area (Å²) in [6.45, 7) is 0. The minimum Gasteiger partial charge on any atom is -0.455 e. The third kappa shape index (κ3) is 4.59. The maximum absolute atomic E-state index is 6.43. The maximum Gasteiger partial charge on any atom is 0.145 e. The Morgan fingerprint density at radius 3 is 1.85 bits per heavy atom. The van der Waals surface area contributed by atoms with E-state index >= 15 is 0 Å². The number of benzene rings is 8. The normalized spacial score (nSPS) is 11.8. The molecule has 0 spiro atoms. The average Bonchev–Trinajstić information content (AvgIpc) is 3.91. The molecule has 0 atom stereocenters. The van der Waals surface area contributed by atoms with E-state index in [1.54, 1.807) is 0 Å². The summed E-state index contributed by atoms with van der Waals surface area (Å²) in [5.41, 5.74) is 13.9. The molecular weight excluding hydrogens is 647 g/mol. The van der Waals surface area contributed by atoms with Crippen molar-refractivity contribution >= 4 is 54.8 Å². The number of rotatable bonds is 5. The highest BCUT2D eigenvalue weighted by Crippen LogP contribution is 2.40. The Morgan fingerprint density at radius 2 is 1.00 bits per heavy atom. The Bertz CT molecular complexity index is 3150. The highest BCUT2D eigenvalue weighted by Gasteiger charge is 2.19. The first-order valence-corrected chi connectivity index (χ1v) is 18.0. The van der Waals surface area contributed by atoms with Gasteiger partial charge in [-0.3, -0.25) is 4.57 Å². The van der Waals surface area contributed by atoms with Crippen LogP contribution in [0.4, 0.5) is 0 Å². The third-order valence-electron chi connectivity index (χ3n) is 10.6. The van der Waals surface area contributed by atoms with Gasteiger partial charge in [0.15, 0.2) is 0 Å². The van der Waals surface area contributed by atoms with E-state index in [9.17, 15) is 0 Å². The largest absolute Gasteiger partial charge is 0.455 e. The number of aromatic nitrogens is 3. The molecular formula is C49H31N3O. The van der Waals surface area contributed by atoms with Crippen molar-refractivity contribution < 1.29 is 4.42 Å². The van der Waals surface area contributed by atoms with Gasteiger partial charge in [-0.1, -0.05) is 121 Å². The highest BCUT2D eigenvalue weighted by atomic mass is 16.3. The molecule has 0 aliphatic carbocycles. The fourth-order valence-corrected chi connectivity index (χ4v) is 8.13. The molecule has 53 heavy (non-hydrogen) atoms. The standard InChI is InChI=1S/C49H31N3O/c1-3-13-32(14-4-1)37-19-12-23-45-47(37)50-49(52(45)35-15-5-2-6-16-35)33-25-28-36(29-26-33)51-43-22-9-7-17-39(43)42-31-34(27-30-44(42)51)38-20-11-21-41-40-18-8-10-24-46(40)53-48(38)41/h1-31H. The molecule has 4 heteroatoms. The summed E-state index contributed by atoms with van der Waals surface area (Å²) >= 11 is 0. The average molecular weight is 678 g/mol. The lowest BCUT2D eigenvalue weighted by Crippen LogP contribution is -1.98. The fourth-order valence-electron chi connectivity index (χ4n) is 8.13. The zero-order chi connectivity index (χ0) is 34.9. The number of hydrogen-bond donors (Lipinski definition) is 0. The van der Waals surface area contributed by atoms with E-state index in [0.717, 1.165) is 83.5 Å². The van der Waals surface area contributed by atoms with Crippen molar-refractivity contribution in [3.8, 4) is 45.0 Å². The van der Waals surface area contributed by atoms with Gasteiger partial charge in [0.2, 0.25) is 0 Å². The minimum atomic E-state index is 0.909. The van der Waals surface area contributed by atoms with Crippen LogP contribution < -0.4 is 0 Å². The molecule has 0 unspecified atom stereocenters. The molecule has 248 valence electrons. The molecule has 0 saturated carbocycles. The lowest BCUT2D eigenvalue weighted by atomic mass is 10.0. The monoisotopic (exact) mass is 677 g/mol. The molecule has 11 rings (SSSR count). The van der Waals surface area contributed by atoms with Crippen LogP contribution in [0.2, 0.25) is 0 Å². The molecule has 0 fully saturated rings. The van der Waals surface area contributed by atoms with Crippen LogP contribution >= 0.6 is 0 Å². The van der Waals surface area contributed by atoms with E-state index in [1.165, 1.54) is 16.3 Å². The number of furan rings is 1. The van der Waals surface area contributed by atoms with Gasteiger partial charge in [0.25, 0.3) is 0 Å². The molecule has 11 aromatic rings. The van der Waals surface area contributed by atoms with Crippen molar-refractivity contribution in [3.05, 3.63) is 188 Å². The molecule has 3 heterocycles. The van der Waals surface area contributed by atoms with Crippen LogP contribution in [0.15, 0.2) is 192 Å². The predicted octanol–water partition coefficient (Wildman–Crippen LogP) is 13.0. The van der Waals surface area contributed by atoms with Gasteiger partial charge in [-0.05, 0) is 77.9 Å². The second-order valence-corrected chi connectivity index (χ2v) is 13.6. The van der Waals surface area contributed by atoms with Crippen LogP contribution in [0.5, 0.6) is 0 Å². The topological polar surface area (TPSA) is 35.9 Å². The Morgan fingerprint density at radius 1 is 0.377 bits per heavy atom. The molecule has 0 aliphatic heterocycles. The van der Waals surface area contributed by atoms with Gasteiger partial charge in [0.05, 0.1) is 22.1 Å².